The van der Waals surface area contributed by atoms with Crippen LogP contribution in [0.3, 0.4) is 0 Å². The van der Waals surface area contributed by atoms with Crippen molar-refractivity contribution < 1.29 is 14.0 Å². The van der Waals surface area contributed by atoms with Crippen molar-refractivity contribution in [1.82, 2.24) is 10.2 Å². The molecule has 0 heterocycles. The lowest BCUT2D eigenvalue weighted by Crippen LogP contribution is -2.50. The van der Waals surface area contributed by atoms with Gasteiger partial charge in [0, 0.05) is 17.1 Å². The fourth-order valence-electron chi connectivity index (χ4n) is 3.67. The van der Waals surface area contributed by atoms with Crippen LogP contribution in [0, 0.1) is 5.82 Å². The average Bonchev–Trinajstić information content (AvgIpc) is 3.21. The molecule has 3 rings (SSSR count). The Morgan fingerprint density at radius 2 is 1.79 bits per heavy atom. The van der Waals surface area contributed by atoms with Gasteiger partial charge in [-0.15, -0.1) is 0 Å². The number of hydrogen-bond acceptors (Lipinski definition) is 2. The maximum absolute atomic E-state index is 14.1. The van der Waals surface area contributed by atoms with Gasteiger partial charge in [-0.05, 0) is 49.1 Å². The third-order valence-electron chi connectivity index (χ3n) is 5.43. The standard InChI is InChI=1S/C23H26BrFN2O2/c1-16(23(29)26-20-7-3-4-8-20)27(15-17-10-12-19(24)13-11-17)22(28)14-18-6-2-5-9-21(18)25/h2,5-6,9-13,16,20H,3-4,7-8,14-15H2,1H3,(H,26,29)/t16-/m0/s1. The molecule has 1 atom stereocenters. The molecule has 1 saturated carbocycles. The molecule has 0 radical (unpaired) electrons. The van der Waals surface area contributed by atoms with Gasteiger partial charge in [-0.1, -0.05) is 59.1 Å². The van der Waals surface area contributed by atoms with E-state index < -0.39 is 11.9 Å². The molecule has 1 fully saturated rings. The van der Waals surface area contributed by atoms with E-state index in [4.69, 9.17) is 0 Å². The Balaban J connectivity index is 1.77. The van der Waals surface area contributed by atoms with Crippen molar-refractivity contribution in [2.75, 3.05) is 0 Å². The highest BCUT2D eigenvalue weighted by Gasteiger charge is 2.28. The van der Waals surface area contributed by atoms with Crippen molar-refractivity contribution >= 4 is 27.7 Å². The highest BCUT2D eigenvalue weighted by atomic mass is 79.9. The number of carbonyl (C=O) groups excluding carboxylic acids is 2. The Morgan fingerprint density at radius 3 is 2.45 bits per heavy atom. The van der Waals surface area contributed by atoms with E-state index in [1.807, 2.05) is 24.3 Å². The summed E-state index contributed by atoms with van der Waals surface area (Å²) in [6.45, 7) is 2.03. The van der Waals surface area contributed by atoms with Gasteiger partial charge in [0.1, 0.15) is 11.9 Å². The summed E-state index contributed by atoms with van der Waals surface area (Å²) in [4.78, 5) is 27.5. The number of rotatable bonds is 7. The Labute approximate surface area is 179 Å². The quantitative estimate of drug-likeness (QED) is 0.655. The zero-order chi connectivity index (χ0) is 20.8. The number of hydrogen-bond donors (Lipinski definition) is 1. The molecule has 1 N–H and O–H groups in total. The van der Waals surface area contributed by atoms with Gasteiger partial charge in [-0.3, -0.25) is 9.59 Å². The molecule has 0 aromatic heterocycles. The first-order valence-corrected chi connectivity index (χ1v) is 10.8. The van der Waals surface area contributed by atoms with E-state index >= 15 is 0 Å². The second-order valence-electron chi connectivity index (χ2n) is 7.58. The summed E-state index contributed by atoms with van der Waals surface area (Å²) in [7, 11) is 0. The summed E-state index contributed by atoms with van der Waals surface area (Å²) in [6, 6.07) is 13.4. The lowest BCUT2D eigenvalue weighted by atomic mass is 10.1. The number of nitrogens with zero attached hydrogens (tertiary/aromatic N) is 1. The molecule has 2 aromatic rings. The van der Waals surface area contributed by atoms with Crippen molar-refractivity contribution in [3.05, 3.63) is 69.9 Å². The summed E-state index contributed by atoms with van der Waals surface area (Å²) in [6.07, 6.45) is 4.12. The summed E-state index contributed by atoms with van der Waals surface area (Å²) in [5.41, 5.74) is 1.25. The molecule has 0 bridgehead atoms. The van der Waals surface area contributed by atoms with Crippen molar-refractivity contribution in [2.24, 2.45) is 0 Å². The van der Waals surface area contributed by atoms with Crippen LogP contribution >= 0.6 is 15.9 Å². The lowest BCUT2D eigenvalue weighted by Gasteiger charge is -2.30. The predicted molar refractivity (Wildman–Crippen MR) is 115 cm³/mol. The van der Waals surface area contributed by atoms with E-state index in [9.17, 15) is 14.0 Å². The molecule has 1 aliphatic rings. The first-order chi connectivity index (χ1) is 13.9. The highest BCUT2D eigenvalue weighted by molar-refractivity contribution is 9.10. The molecular formula is C23H26BrFN2O2. The number of halogens is 2. The smallest absolute Gasteiger partial charge is 0.242 e. The maximum Gasteiger partial charge on any atom is 0.242 e. The molecule has 2 aromatic carbocycles. The highest BCUT2D eigenvalue weighted by Crippen LogP contribution is 2.19. The van der Waals surface area contributed by atoms with Crippen LogP contribution in [0.15, 0.2) is 53.0 Å². The third-order valence-corrected chi connectivity index (χ3v) is 5.96. The maximum atomic E-state index is 14.1. The van der Waals surface area contributed by atoms with Crippen LogP contribution in [-0.4, -0.2) is 28.8 Å². The Bertz CT molecular complexity index is 850. The van der Waals surface area contributed by atoms with Gasteiger partial charge in [0.15, 0.2) is 0 Å². The fraction of sp³-hybridized carbons (Fsp3) is 0.391. The third kappa shape index (κ3) is 5.89. The molecule has 154 valence electrons. The first kappa shape index (κ1) is 21.5. The molecule has 6 heteroatoms. The first-order valence-electron chi connectivity index (χ1n) is 10.0. The summed E-state index contributed by atoms with van der Waals surface area (Å²) in [5.74, 6) is -0.838. The van der Waals surface area contributed by atoms with Gasteiger partial charge in [-0.25, -0.2) is 4.39 Å². The second-order valence-corrected chi connectivity index (χ2v) is 8.50. The molecular weight excluding hydrogens is 435 g/mol. The summed E-state index contributed by atoms with van der Waals surface area (Å²) < 4.78 is 15.0. The number of amides is 2. The van der Waals surface area contributed by atoms with Crippen molar-refractivity contribution in [1.29, 1.82) is 0 Å². The minimum Gasteiger partial charge on any atom is -0.352 e. The van der Waals surface area contributed by atoms with E-state index in [1.54, 1.807) is 30.0 Å². The largest absolute Gasteiger partial charge is 0.352 e. The van der Waals surface area contributed by atoms with Crippen LogP contribution in [0.2, 0.25) is 0 Å². The van der Waals surface area contributed by atoms with E-state index in [0.717, 1.165) is 35.7 Å². The molecule has 0 unspecified atom stereocenters. The Morgan fingerprint density at radius 1 is 1.14 bits per heavy atom. The van der Waals surface area contributed by atoms with Crippen LogP contribution in [0.5, 0.6) is 0 Å². The van der Waals surface area contributed by atoms with Crippen LogP contribution in [0.25, 0.3) is 0 Å². The Hall–Kier alpha value is -2.21. The average molecular weight is 461 g/mol. The van der Waals surface area contributed by atoms with Gasteiger partial charge in [0.2, 0.25) is 11.8 Å². The number of benzene rings is 2. The summed E-state index contributed by atoms with van der Waals surface area (Å²) >= 11 is 3.41. The van der Waals surface area contributed by atoms with Crippen LogP contribution in [-0.2, 0) is 22.6 Å². The molecule has 2 amide bonds. The normalized spacial score (nSPS) is 15.1. The fourth-order valence-corrected chi connectivity index (χ4v) is 3.93. The number of nitrogens with one attached hydrogen (secondary N) is 1. The SMILES string of the molecule is C[C@@H](C(=O)NC1CCCC1)N(Cc1ccc(Br)cc1)C(=O)Cc1ccccc1F. The zero-order valence-electron chi connectivity index (χ0n) is 16.5. The van der Waals surface area contributed by atoms with Gasteiger partial charge >= 0.3 is 0 Å². The van der Waals surface area contributed by atoms with Crippen molar-refractivity contribution in [2.45, 2.75) is 57.7 Å². The minimum atomic E-state index is -0.640. The monoisotopic (exact) mass is 460 g/mol. The second kappa shape index (κ2) is 10.0. The topological polar surface area (TPSA) is 49.4 Å². The molecule has 1 aliphatic carbocycles. The van der Waals surface area contributed by atoms with E-state index in [1.165, 1.54) is 6.07 Å². The molecule has 0 aliphatic heterocycles. The van der Waals surface area contributed by atoms with Gasteiger partial charge in [-0.2, -0.15) is 0 Å². The predicted octanol–water partition coefficient (Wildman–Crippen LogP) is 4.61. The van der Waals surface area contributed by atoms with E-state index in [2.05, 4.69) is 21.2 Å². The van der Waals surface area contributed by atoms with Crippen LogP contribution < -0.4 is 5.32 Å². The Kier molecular flexibility index (Phi) is 7.42. The van der Waals surface area contributed by atoms with Gasteiger partial charge in [0.25, 0.3) is 0 Å². The van der Waals surface area contributed by atoms with Crippen LogP contribution in [0.4, 0.5) is 4.39 Å². The molecule has 29 heavy (non-hydrogen) atoms. The molecule has 4 nitrogen and oxygen atoms in total. The molecule has 0 saturated heterocycles. The summed E-state index contributed by atoms with van der Waals surface area (Å²) in [5, 5.41) is 3.07. The molecule has 0 spiro atoms. The van der Waals surface area contributed by atoms with Crippen molar-refractivity contribution in [3.8, 4) is 0 Å². The van der Waals surface area contributed by atoms with Gasteiger partial charge < -0.3 is 10.2 Å². The zero-order valence-corrected chi connectivity index (χ0v) is 18.1. The van der Waals surface area contributed by atoms with Crippen molar-refractivity contribution in [3.63, 3.8) is 0 Å². The van der Waals surface area contributed by atoms with Crippen LogP contribution in [0.1, 0.15) is 43.7 Å². The lowest BCUT2D eigenvalue weighted by molar-refractivity contribution is -0.140. The minimum absolute atomic E-state index is 0.0791. The van der Waals surface area contributed by atoms with E-state index in [-0.39, 0.29) is 24.3 Å². The van der Waals surface area contributed by atoms with Gasteiger partial charge in [0.05, 0.1) is 6.42 Å². The van der Waals surface area contributed by atoms with E-state index in [0.29, 0.717) is 12.1 Å². The number of carbonyl (C=O) groups is 2.